The Morgan fingerprint density at radius 1 is 1.04 bits per heavy atom. The van der Waals surface area contributed by atoms with Crippen LogP contribution in [0.4, 0.5) is 0 Å². The van der Waals surface area contributed by atoms with E-state index in [-0.39, 0.29) is 5.92 Å². The van der Waals surface area contributed by atoms with E-state index < -0.39 is 6.10 Å². The highest BCUT2D eigenvalue weighted by molar-refractivity contribution is 5.62. The van der Waals surface area contributed by atoms with Gasteiger partial charge in [0.2, 0.25) is 0 Å². The van der Waals surface area contributed by atoms with Crippen LogP contribution in [0.3, 0.4) is 0 Å². The van der Waals surface area contributed by atoms with Crippen LogP contribution in [0.2, 0.25) is 0 Å². The second-order valence-electron chi connectivity index (χ2n) is 6.72. The maximum atomic E-state index is 11.3. The van der Waals surface area contributed by atoms with Gasteiger partial charge in [-0.2, -0.15) is 0 Å². The van der Waals surface area contributed by atoms with Gasteiger partial charge in [-0.1, -0.05) is 54.6 Å². The van der Waals surface area contributed by atoms with Gasteiger partial charge in [0, 0.05) is 32.7 Å². The first-order chi connectivity index (χ1) is 12.3. The minimum absolute atomic E-state index is 0.171. The molecule has 1 heterocycles. The lowest BCUT2D eigenvalue weighted by molar-refractivity contribution is -0.109. The second-order valence-corrected chi connectivity index (χ2v) is 6.72. The number of β-amino-alcohol motifs (C(OH)–C–C–N with tert-alkyl or cyclic N) is 1. The van der Waals surface area contributed by atoms with Gasteiger partial charge in [0.15, 0.2) is 0 Å². The smallest absolute Gasteiger partial charge is 0.128 e. The highest BCUT2D eigenvalue weighted by atomic mass is 16.3. The zero-order chi connectivity index (χ0) is 17.5. The number of fused-ring (bicyclic) bond motifs is 1. The van der Waals surface area contributed by atoms with Crippen molar-refractivity contribution in [2.75, 3.05) is 26.2 Å². The maximum absolute atomic E-state index is 11.3. The predicted octanol–water partition coefficient (Wildman–Crippen LogP) is 1.98. The number of benzene rings is 2. The molecule has 0 radical (unpaired) electrons. The van der Waals surface area contributed by atoms with E-state index >= 15 is 0 Å². The Labute approximate surface area is 149 Å². The van der Waals surface area contributed by atoms with E-state index in [2.05, 4.69) is 34.5 Å². The molecule has 0 saturated carbocycles. The molecule has 25 heavy (non-hydrogen) atoms. The molecule has 2 aromatic carbocycles. The molecule has 1 aliphatic rings. The first kappa shape index (κ1) is 17.8. The van der Waals surface area contributed by atoms with Crippen molar-refractivity contribution in [2.45, 2.75) is 25.0 Å². The molecule has 4 nitrogen and oxygen atoms in total. The van der Waals surface area contributed by atoms with Gasteiger partial charge in [-0.05, 0) is 23.1 Å². The highest BCUT2D eigenvalue weighted by Gasteiger charge is 2.18. The number of rotatable bonds is 8. The summed E-state index contributed by atoms with van der Waals surface area (Å²) in [7, 11) is 0. The number of nitrogens with zero attached hydrogens (tertiary/aromatic N) is 1. The molecule has 2 aromatic rings. The Morgan fingerprint density at radius 2 is 1.76 bits per heavy atom. The number of hydrogen-bond acceptors (Lipinski definition) is 4. The summed E-state index contributed by atoms with van der Waals surface area (Å²) in [5.74, 6) is -0.171. The minimum Gasteiger partial charge on any atom is -0.390 e. The van der Waals surface area contributed by atoms with Crippen LogP contribution in [-0.4, -0.2) is 48.6 Å². The quantitative estimate of drug-likeness (QED) is 0.723. The van der Waals surface area contributed by atoms with Gasteiger partial charge in [0.25, 0.3) is 0 Å². The monoisotopic (exact) mass is 338 g/mol. The molecule has 0 amide bonds. The van der Waals surface area contributed by atoms with E-state index in [4.69, 9.17) is 0 Å². The minimum atomic E-state index is -0.437. The van der Waals surface area contributed by atoms with Crippen molar-refractivity contribution in [3.05, 3.63) is 71.3 Å². The fourth-order valence-electron chi connectivity index (χ4n) is 3.42. The van der Waals surface area contributed by atoms with Crippen LogP contribution in [-0.2, 0) is 17.8 Å². The van der Waals surface area contributed by atoms with Gasteiger partial charge in [-0.25, -0.2) is 0 Å². The van der Waals surface area contributed by atoms with Crippen molar-refractivity contribution in [3.63, 3.8) is 0 Å². The number of aliphatic hydroxyl groups excluding tert-OH is 1. The molecule has 0 bridgehead atoms. The molecule has 1 unspecified atom stereocenters. The topological polar surface area (TPSA) is 52.6 Å². The van der Waals surface area contributed by atoms with Gasteiger partial charge < -0.3 is 15.2 Å². The van der Waals surface area contributed by atoms with Crippen molar-refractivity contribution in [2.24, 2.45) is 0 Å². The lowest BCUT2D eigenvalue weighted by Crippen LogP contribution is -2.41. The lowest BCUT2D eigenvalue weighted by Gasteiger charge is -2.30. The molecule has 132 valence electrons. The number of aliphatic hydroxyl groups is 1. The third-order valence-corrected chi connectivity index (χ3v) is 4.81. The van der Waals surface area contributed by atoms with E-state index in [9.17, 15) is 9.90 Å². The molecule has 0 aliphatic carbocycles. The summed E-state index contributed by atoms with van der Waals surface area (Å²) in [5.41, 5.74) is 3.79. The lowest BCUT2D eigenvalue weighted by atomic mass is 9.99. The Balaban J connectivity index is 1.43. The largest absolute Gasteiger partial charge is 0.390 e. The average molecular weight is 338 g/mol. The van der Waals surface area contributed by atoms with Crippen molar-refractivity contribution < 1.29 is 9.90 Å². The Morgan fingerprint density at radius 3 is 2.52 bits per heavy atom. The van der Waals surface area contributed by atoms with E-state index in [1.54, 1.807) is 0 Å². The molecule has 4 heteroatoms. The maximum Gasteiger partial charge on any atom is 0.128 e. The Bertz CT molecular complexity index is 675. The molecule has 0 aromatic heterocycles. The van der Waals surface area contributed by atoms with Crippen LogP contribution in [0, 0.1) is 0 Å². The SMILES string of the molecule is O=CC(CNC[C@H](O)CN1CCc2ccccc2C1)c1ccccc1. The van der Waals surface area contributed by atoms with Crippen molar-refractivity contribution in [1.29, 1.82) is 0 Å². The summed E-state index contributed by atoms with van der Waals surface area (Å²) in [6.45, 7) is 3.57. The summed E-state index contributed by atoms with van der Waals surface area (Å²) in [4.78, 5) is 13.6. The van der Waals surface area contributed by atoms with Crippen molar-refractivity contribution >= 4 is 6.29 Å². The number of aldehydes is 1. The number of nitrogens with one attached hydrogen (secondary N) is 1. The van der Waals surface area contributed by atoms with Gasteiger partial charge >= 0.3 is 0 Å². The first-order valence-corrected chi connectivity index (χ1v) is 8.94. The van der Waals surface area contributed by atoms with Gasteiger partial charge in [0.05, 0.1) is 12.0 Å². The van der Waals surface area contributed by atoms with E-state index in [0.717, 1.165) is 31.4 Å². The second kappa shape index (κ2) is 8.90. The van der Waals surface area contributed by atoms with E-state index in [0.29, 0.717) is 19.6 Å². The summed E-state index contributed by atoms with van der Waals surface area (Å²) < 4.78 is 0. The van der Waals surface area contributed by atoms with E-state index in [1.807, 2.05) is 30.3 Å². The van der Waals surface area contributed by atoms with Gasteiger partial charge in [-0.3, -0.25) is 4.90 Å². The van der Waals surface area contributed by atoms with Crippen LogP contribution < -0.4 is 5.32 Å². The molecule has 0 fully saturated rings. The normalized spacial score (nSPS) is 16.8. The molecular formula is C21H26N2O2. The third-order valence-electron chi connectivity index (χ3n) is 4.81. The third kappa shape index (κ3) is 4.98. The number of hydrogen-bond donors (Lipinski definition) is 2. The van der Waals surface area contributed by atoms with Crippen molar-refractivity contribution in [1.82, 2.24) is 10.2 Å². The van der Waals surface area contributed by atoms with Crippen LogP contribution in [0.25, 0.3) is 0 Å². The fourth-order valence-corrected chi connectivity index (χ4v) is 3.42. The summed E-state index contributed by atoms with van der Waals surface area (Å²) in [6.07, 6.45) is 1.57. The highest BCUT2D eigenvalue weighted by Crippen LogP contribution is 2.18. The molecule has 2 atom stereocenters. The van der Waals surface area contributed by atoms with E-state index in [1.165, 1.54) is 11.1 Å². The number of carbonyl (C=O) groups is 1. The zero-order valence-corrected chi connectivity index (χ0v) is 14.5. The van der Waals surface area contributed by atoms with Crippen molar-refractivity contribution in [3.8, 4) is 0 Å². The van der Waals surface area contributed by atoms with Gasteiger partial charge in [-0.15, -0.1) is 0 Å². The average Bonchev–Trinajstić information content (AvgIpc) is 2.66. The molecule has 0 spiro atoms. The molecule has 3 rings (SSSR count). The molecule has 0 saturated heterocycles. The summed E-state index contributed by atoms with van der Waals surface area (Å²) >= 11 is 0. The Hall–Kier alpha value is -2.01. The molecule has 1 aliphatic heterocycles. The zero-order valence-electron chi connectivity index (χ0n) is 14.5. The number of carbonyl (C=O) groups excluding carboxylic acids is 1. The predicted molar refractivity (Wildman–Crippen MR) is 99.5 cm³/mol. The standard InChI is InChI=1S/C21H26N2O2/c24-16-20(17-6-2-1-3-7-17)12-22-13-21(25)15-23-11-10-18-8-4-5-9-19(18)14-23/h1-9,16,20-22,25H,10-15H2/t20?,21-/m0/s1. The first-order valence-electron chi connectivity index (χ1n) is 8.94. The van der Waals surface area contributed by atoms with Crippen LogP contribution >= 0.6 is 0 Å². The van der Waals surface area contributed by atoms with Gasteiger partial charge in [0.1, 0.15) is 6.29 Å². The molecule has 2 N–H and O–H groups in total. The van der Waals surface area contributed by atoms with Crippen LogP contribution in [0.5, 0.6) is 0 Å². The Kier molecular flexibility index (Phi) is 6.34. The van der Waals surface area contributed by atoms with Crippen LogP contribution in [0.15, 0.2) is 54.6 Å². The fraction of sp³-hybridized carbons (Fsp3) is 0.381. The summed E-state index contributed by atoms with van der Waals surface area (Å²) in [5, 5.41) is 13.5. The molecular weight excluding hydrogens is 312 g/mol. The summed E-state index contributed by atoms with van der Waals surface area (Å²) in [6, 6.07) is 18.3. The van der Waals surface area contributed by atoms with Crippen LogP contribution in [0.1, 0.15) is 22.6 Å².